The summed E-state index contributed by atoms with van der Waals surface area (Å²) in [6.07, 6.45) is 0.672. The van der Waals surface area contributed by atoms with Crippen molar-refractivity contribution in [3.05, 3.63) is 59.7 Å². The highest BCUT2D eigenvalue weighted by molar-refractivity contribution is 6.35. The summed E-state index contributed by atoms with van der Waals surface area (Å²) >= 11 is 0. The summed E-state index contributed by atoms with van der Waals surface area (Å²) in [4.78, 5) is 25.7. The SMILES string of the molecule is COc1ccc(CNC(=O)C(=O)NCCc2ccc(N(C)C)cc2)cc1. The van der Waals surface area contributed by atoms with Gasteiger partial charge in [-0.3, -0.25) is 9.59 Å². The maximum atomic E-state index is 11.8. The van der Waals surface area contributed by atoms with Crippen LogP contribution >= 0.6 is 0 Å². The number of ether oxygens (including phenoxy) is 1. The average Bonchev–Trinajstić information content (AvgIpc) is 2.66. The van der Waals surface area contributed by atoms with E-state index < -0.39 is 11.8 Å². The predicted octanol–water partition coefficient (Wildman–Crippen LogP) is 1.74. The maximum Gasteiger partial charge on any atom is 0.309 e. The number of methoxy groups -OCH3 is 1. The molecular formula is C20H25N3O3. The summed E-state index contributed by atoms with van der Waals surface area (Å²) in [7, 11) is 5.57. The Bertz CT molecular complexity index is 725. The van der Waals surface area contributed by atoms with Gasteiger partial charge < -0.3 is 20.3 Å². The summed E-state index contributed by atoms with van der Waals surface area (Å²) in [5.74, 6) is -0.511. The summed E-state index contributed by atoms with van der Waals surface area (Å²) in [6.45, 7) is 0.707. The van der Waals surface area contributed by atoms with Gasteiger partial charge in [-0.2, -0.15) is 0 Å². The van der Waals surface area contributed by atoms with E-state index in [1.165, 1.54) is 0 Å². The van der Waals surface area contributed by atoms with E-state index in [0.29, 0.717) is 19.5 Å². The number of anilines is 1. The Balaban J connectivity index is 1.71. The first-order valence-electron chi connectivity index (χ1n) is 8.45. The lowest BCUT2D eigenvalue weighted by atomic mass is 10.1. The van der Waals surface area contributed by atoms with Crippen LogP contribution < -0.4 is 20.3 Å². The van der Waals surface area contributed by atoms with Gasteiger partial charge in [0.15, 0.2) is 0 Å². The van der Waals surface area contributed by atoms with Gasteiger partial charge in [-0.1, -0.05) is 24.3 Å². The summed E-state index contributed by atoms with van der Waals surface area (Å²) in [5.41, 5.74) is 3.12. The molecule has 0 heterocycles. The highest BCUT2D eigenvalue weighted by Crippen LogP contribution is 2.12. The third-order valence-corrected chi connectivity index (χ3v) is 3.97. The summed E-state index contributed by atoms with van der Waals surface area (Å²) in [5, 5.41) is 5.25. The molecule has 6 nitrogen and oxygen atoms in total. The molecule has 0 bridgehead atoms. The largest absolute Gasteiger partial charge is 0.497 e. The summed E-state index contributed by atoms with van der Waals surface area (Å²) in [6, 6.07) is 15.4. The first-order chi connectivity index (χ1) is 12.5. The fourth-order valence-corrected chi connectivity index (χ4v) is 2.37. The number of amides is 2. The molecule has 2 aromatic carbocycles. The molecule has 2 N–H and O–H groups in total. The van der Waals surface area contributed by atoms with Gasteiger partial charge in [-0.25, -0.2) is 0 Å². The van der Waals surface area contributed by atoms with E-state index in [0.717, 1.165) is 22.6 Å². The Hall–Kier alpha value is -3.02. The first-order valence-corrected chi connectivity index (χ1v) is 8.45. The van der Waals surface area contributed by atoms with Crippen LogP contribution in [0.15, 0.2) is 48.5 Å². The van der Waals surface area contributed by atoms with Gasteiger partial charge in [0.1, 0.15) is 5.75 Å². The molecule has 6 heteroatoms. The molecule has 0 aromatic heterocycles. The molecule has 0 aliphatic carbocycles. The van der Waals surface area contributed by atoms with E-state index in [9.17, 15) is 9.59 Å². The van der Waals surface area contributed by atoms with Gasteiger partial charge in [0.25, 0.3) is 0 Å². The Morgan fingerprint density at radius 2 is 1.46 bits per heavy atom. The average molecular weight is 355 g/mol. The highest BCUT2D eigenvalue weighted by Gasteiger charge is 2.12. The lowest BCUT2D eigenvalue weighted by Gasteiger charge is -2.12. The Kier molecular flexibility index (Phi) is 7.02. The summed E-state index contributed by atoms with van der Waals surface area (Å²) < 4.78 is 5.08. The van der Waals surface area contributed by atoms with E-state index in [4.69, 9.17) is 4.74 Å². The molecule has 2 aromatic rings. The smallest absolute Gasteiger partial charge is 0.309 e. The van der Waals surface area contributed by atoms with Gasteiger partial charge >= 0.3 is 11.8 Å². The van der Waals surface area contributed by atoms with Crippen molar-refractivity contribution in [3.63, 3.8) is 0 Å². The molecule has 0 unspecified atom stereocenters. The number of nitrogens with zero attached hydrogens (tertiary/aromatic N) is 1. The number of hydrogen-bond acceptors (Lipinski definition) is 4. The van der Waals surface area contributed by atoms with Gasteiger partial charge in [-0.05, 0) is 41.8 Å². The molecule has 0 aliphatic heterocycles. The third-order valence-electron chi connectivity index (χ3n) is 3.97. The van der Waals surface area contributed by atoms with Gasteiger partial charge in [0, 0.05) is 32.9 Å². The van der Waals surface area contributed by atoms with Crippen LogP contribution in [-0.2, 0) is 22.6 Å². The van der Waals surface area contributed by atoms with Gasteiger partial charge in [0.05, 0.1) is 7.11 Å². The minimum Gasteiger partial charge on any atom is -0.497 e. The second-order valence-electron chi connectivity index (χ2n) is 6.10. The molecule has 2 amide bonds. The predicted molar refractivity (Wildman–Crippen MR) is 102 cm³/mol. The number of carbonyl (C=O) groups is 2. The number of benzene rings is 2. The van der Waals surface area contributed by atoms with Crippen molar-refractivity contribution in [2.24, 2.45) is 0 Å². The Morgan fingerprint density at radius 1 is 0.885 bits per heavy atom. The first kappa shape index (κ1) is 19.3. The minimum atomic E-state index is -0.635. The topological polar surface area (TPSA) is 70.7 Å². The van der Waals surface area contributed by atoms with Crippen molar-refractivity contribution in [2.45, 2.75) is 13.0 Å². The van der Waals surface area contributed by atoms with Crippen LogP contribution in [0.3, 0.4) is 0 Å². The van der Waals surface area contributed by atoms with Crippen molar-refractivity contribution in [2.75, 3.05) is 32.6 Å². The van der Waals surface area contributed by atoms with Gasteiger partial charge in [0.2, 0.25) is 0 Å². The number of hydrogen-bond donors (Lipinski definition) is 2. The lowest BCUT2D eigenvalue weighted by Crippen LogP contribution is -2.40. The molecule has 26 heavy (non-hydrogen) atoms. The third kappa shape index (κ3) is 5.81. The van der Waals surface area contributed by atoms with Crippen LogP contribution in [0.1, 0.15) is 11.1 Å². The van der Waals surface area contributed by atoms with Gasteiger partial charge in [-0.15, -0.1) is 0 Å². The van der Waals surface area contributed by atoms with Crippen LogP contribution in [0.5, 0.6) is 5.75 Å². The Labute approximate surface area is 154 Å². The molecule has 138 valence electrons. The zero-order chi connectivity index (χ0) is 18.9. The van der Waals surface area contributed by atoms with E-state index in [1.54, 1.807) is 7.11 Å². The van der Waals surface area contributed by atoms with Crippen LogP contribution in [0.4, 0.5) is 5.69 Å². The number of carbonyl (C=O) groups excluding carboxylic acids is 2. The van der Waals surface area contributed by atoms with E-state index in [2.05, 4.69) is 10.6 Å². The Morgan fingerprint density at radius 3 is 2.04 bits per heavy atom. The quantitative estimate of drug-likeness (QED) is 0.742. The molecule has 2 rings (SSSR count). The van der Waals surface area contributed by atoms with Crippen LogP contribution in [0.25, 0.3) is 0 Å². The number of rotatable bonds is 7. The molecular weight excluding hydrogens is 330 g/mol. The van der Waals surface area contributed by atoms with E-state index >= 15 is 0 Å². The highest BCUT2D eigenvalue weighted by atomic mass is 16.5. The zero-order valence-corrected chi connectivity index (χ0v) is 15.4. The van der Waals surface area contributed by atoms with E-state index in [-0.39, 0.29) is 0 Å². The molecule has 0 saturated carbocycles. The molecule has 0 aliphatic rings. The fourth-order valence-electron chi connectivity index (χ4n) is 2.37. The monoisotopic (exact) mass is 355 g/mol. The molecule has 0 saturated heterocycles. The van der Waals surface area contributed by atoms with Crippen molar-refractivity contribution >= 4 is 17.5 Å². The minimum absolute atomic E-state index is 0.294. The second kappa shape index (κ2) is 9.46. The zero-order valence-electron chi connectivity index (χ0n) is 15.4. The van der Waals surface area contributed by atoms with Crippen molar-refractivity contribution in [1.82, 2.24) is 10.6 Å². The molecule has 0 spiro atoms. The van der Waals surface area contributed by atoms with Crippen molar-refractivity contribution < 1.29 is 14.3 Å². The lowest BCUT2D eigenvalue weighted by molar-refractivity contribution is -0.139. The maximum absolute atomic E-state index is 11.8. The second-order valence-corrected chi connectivity index (χ2v) is 6.10. The van der Waals surface area contributed by atoms with Crippen molar-refractivity contribution in [3.8, 4) is 5.75 Å². The van der Waals surface area contributed by atoms with Crippen LogP contribution in [-0.4, -0.2) is 39.6 Å². The molecule has 0 fully saturated rings. The molecule has 0 atom stereocenters. The number of nitrogens with one attached hydrogen (secondary N) is 2. The molecule has 0 radical (unpaired) electrons. The normalized spacial score (nSPS) is 10.1. The van der Waals surface area contributed by atoms with Crippen LogP contribution in [0, 0.1) is 0 Å². The van der Waals surface area contributed by atoms with Crippen LogP contribution in [0.2, 0.25) is 0 Å². The standard InChI is InChI=1S/C20H25N3O3/c1-23(2)17-8-4-15(5-9-17)12-13-21-19(24)20(25)22-14-16-6-10-18(26-3)11-7-16/h4-11H,12-14H2,1-3H3,(H,21,24)(H,22,25). The van der Waals surface area contributed by atoms with Crippen molar-refractivity contribution in [1.29, 1.82) is 0 Å². The van der Waals surface area contributed by atoms with E-state index in [1.807, 2.05) is 67.5 Å². The fraction of sp³-hybridized carbons (Fsp3) is 0.300.